The maximum Gasteiger partial charge on any atom is 0.247 e. The minimum atomic E-state index is -2.76. The zero-order valence-corrected chi connectivity index (χ0v) is 29.4. The molecule has 48 heavy (non-hydrogen) atoms. The molecule has 0 saturated carbocycles. The Kier molecular flexibility index (Phi) is 8.98. The van der Waals surface area contributed by atoms with Crippen LogP contribution in [0.4, 0.5) is 28.8 Å². The van der Waals surface area contributed by atoms with Gasteiger partial charge in [0, 0.05) is 75.7 Å². The van der Waals surface area contributed by atoms with E-state index in [4.69, 9.17) is 14.8 Å². The number of piperidine rings is 1. The van der Waals surface area contributed by atoms with E-state index in [0.717, 1.165) is 49.6 Å². The van der Waals surface area contributed by atoms with E-state index in [0.29, 0.717) is 39.8 Å². The Morgan fingerprint density at radius 1 is 0.958 bits per heavy atom. The topological polar surface area (TPSA) is 116 Å². The first kappa shape index (κ1) is 32.3. The number of ether oxygens (including phenoxy) is 1. The zero-order valence-electron chi connectivity index (χ0n) is 28.5. The summed E-state index contributed by atoms with van der Waals surface area (Å²) in [5.74, 6) is 1.72. The highest BCUT2D eigenvalue weighted by Crippen LogP contribution is 2.41. The lowest BCUT2D eigenvalue weighted by Crippen LogP contribution is -2.52. The first-order chi connectivity index (χ1) is 23.2. The number of methoxy groups -OCH3 is 1. The van der Waals surface area contributed by atoms with E-state index in [1.165, 1.54) is 37.2 Å². The summed E-state index contributed by atoms with van der Waals surface area (Å²) in [7, 11) is 1.17. The largest absolute Gasteiger partial charge is 0.494 e. The molecule has 2 fully saturated rings. The lowest BCUT2D eigenvalue weighted by atomic mass is 9.99. The highest BCUT2D eigenvalue weighted by Gasteiger charge is 2.28. The molecule has 2 aliphatic heterocycles. The van der Waals surface area contributed by atoms with Gasteiger partial charge in [-0.2, -0.15) is 4.98 Å². The van der Waals surface area contributed by atoms with Gasteiger partial charge in [0.25, 0.3) is 0 Å². The van der Waals surface area contributed by atoms with Gasteiger partial charge in [-0.3, -0.25) is 14.9 Å². The number of likely N-dealkylation sites (N-methyl/N-ethyl adjacent to an activating group) is 1. The van der Waals surface area contributed by atoms with Crippen LogP contribution in [0.2, 0.25) is 0 Å². The van der Waals surface area contributed by atoms with Crippen LogP contribution in [0.15, 0.2) is 55.0 Å². The van der Waals surface area contributed by atoms with Crippen LogP contribution in [-0.4, -0.2) is 107 Å². The van der Waals surface area contributed by atoms with Crippen molar-refractivity contribution in [3.05, 3.63) is 60.6 Å². The van der Waals surface area contributed by atoms with Gasteiger partial charge in [-0.05, 0) is 75.5 Å². The number of fused-ring (bicyclic) bond motifs is 2. The molecule has 3 aromatic heterocycles. The quantitative estimate of drug-likeness (QED) is 0.202. The molecule has 5 aromatic rings. The van der Waals surface area contributed by atoms with Crippen LogP contribution >= 0.6 is 7.14 Å². The third kappa shape index (κ3) is 6.44. The predicted octanol–water partition coefficient (Wildman–Crippen LogP) is 5.19. The van der Waals surface area contributed by atoms with Crippen LogP contribution in [0.1, 0.15) is 25.3 Å². The highest BCUT2D eigenvalue weighted by molar-refractivity contribution is 7.71. The van der Waals surface area contributed by atoms with Crippen LogP contribution in [0.25, 0.3) is 16.6 Å². The smallest absolute Gasteiger partial charge is 0.247 e. The van der Waals surface area contributed by atoms with Crippen LogP contribution in [0, 0.1) is 0 Å². The van der Waals surface area contributed by atoms with Crippen molar-refractivity contribution in [3.63, 3.8) is 0 Å². The monoisotopic (exact) mass is 668 g/mol. The Hall–Kier alpha value is -4.25. The van der Waals surface area contributed by atoms with Gasteiger partial charge < -0.3 is 29.7 Å². The molecular weight excluding hydrogens is 623 g/mol. The van der Waals surface area contributed by atoms with Crippen molar-refractivity contribution < 1.29 is 9.30 Å². The molecule has 0 aliphatic carbocycles. The Balaban J connectivity index is 1.16. The number of nitrogens with one attached hydrogen (secondary N) is 2. The van der Waals surface area contributed by atoms with Gasteiger partial charge in [0.05, 0.1) is 29.3 Å². The minimum absolute atomic E-state index is 0.403. The Morgan fingerprint density at radius 2 is 1.73 bits per heavy atom. The van der Waals surface area contributed by atoms with E-state index in [1.807, 2.05) is 30.5 Å². The summed E-state index contributed by atoms with van der Waals surface area (Å²) in [6, 6.07) is 12.6. The van der Waals surface area contributed by atoms with E-state index < -0.39 is 7.14 Å². The molecule has 2 saturated heterocycles. The molecule has 13 heteroatoms. The Labute approximate surface area is 281 Å². The first-order valence-electron chi connectivity index (χ1n) is 16.8. The average Bonchev–Trinajstić information content (AvgIpc) is 3.57. The summed E-state index contributed by atoms with van der Waals surface area (Å²) in [6.07, 6.45) is 8.39. The van der Waals surface area contributed by atoms with Gasteiger partial charge in [-0.25, -0.2) is 4.52 Å². The molecular formula is C35H45N10O2P. The van der Waals surface area contributed by atoms with Crippen LogP contribution < -0.4 is 25.6 Å². The second-order valence-electron chi connectivity index (χ2n) is 13.2. The second-order valence-corrected chi connectivity index (χ2v) is 16.3. The van der Waals surface area contributed by atoms with Crippen LogP contribution in [0.3, 0.4) is 0 Å². The van der Waals surface area contributed by atoms with E-state index in [9.17, 15) is 4.57 Å². The number of benzene rings is 2. The fourth-order valence-electron chi connectivity index (χ4n) is 7.11. The molecule has 2 aromatic carbocycles. The van der Waals surface area contributed by atoms with E-state index >= 15 is 0 Å². The number of rotatable bonds is 9. The van der Waals surface area contributed by atoms with Gasteiger partial charge in [0.1, 0.15) is 23.9 Å². The lowest BCUT2D eigenvalue weighted by molar-refractivity contribution is 0.0982. The summed E-state index contributed by atoms with van der Waals surface area (Å²) in [5, 5.41) is 12.3. The van der Waals surface area contributed by atoms with E-state index in [1.54, 1.807) is 37.3 Å². The summed E-state index contributed by atoms with van der Waals surface area (Å²) < 4.78 is 21.3. The molecule has 0 amide bonds. The van der Waals surface area contributed by atoms with Crippen molar-refractivity contribution in [2.45, 2.75) is 32.2 Å². The third-order valence-corrected chi connectivity index (χ3v) is 11.2. The maximum atomic E-state index is 13.6. The lowest BCUT2D eigenvalue weighted by Gasteiger charge is -2.43. The number of aryl methyl sites for hydroxylation is 1. The number of nitrogens with zero attached hydrogens (tertiary/aromatic N) is 8. The fourth-order valence-corrected chi connectivity index (χ4v) is 8.51. The summed E-state index contributed by atoms with van der Waals surface area (Å²) in [6.45, 7) is 12.4. The average molecular weight is 669 g/mol. The van der Waals surface area contributed by atoms with Crippen molar-refractivity contribution in [1.29, 1.82) is 0 Å². The molecule has 0 atom stereocenters. The second kappa shape index (κ2) is 13.3. The standard InChI is InChI=1S/C35H45N10O2P/c1-6-24-22-28(31(47-3)23-30(24)44-16-11-25(12-17-44)43-20-18-42(2)19-21-43)39-35-40-34(29-8-7-15-45(29)41-35)38-27-10-9-26-32(37-14-13-36-26)33(27)48(4,5)46/h7-10,13-15,22-23,25H,6,11-12,16-21H2,1-5H3,(H2,38,39,40,41). The number of hydrogen-bond donors (Lipinski definition) is 2. The molecule has 0 unspecified atom stereocenters. The molecule has 5 heterocycles. The van der Waals surface area contributed by atoms with Gasteiger partial charge in [0.15, 0.2) is 5.82 Å². The van der Waals surface area contributed by atoms with Gasteiger partial charge >= 0.3 is 0 Å². The SMILES string of the molecule is CCc1cc(Nc2nc(Nc3ccc4nccnc4c3P(C)(C)=O)c3cccn3n2)c(OC)cc1N1CCC(N2CCN(C)CC2)CC1. The Morgan fingerprint density at radius 3 is 2.46 bits per heavy atom. The summed E-state index contributed by atoms with van der Waals surface area (Å²) in [5.41, 5.74) is 6.06. The summed E-state index contributed by atoms with van der Waals surface area (Å²) >= 11 is 0. The molecule has 0 spiro atoms. The number of piperazine rings is 1. The van der Waals surface area contributed by atoms with Crippen LogP contribution in [-0.2, 0) is 11.0 Å². The molecule has 2 aliphatic rings. The third-order valence-electron chi connectivity index (χ3n) is 9.68. The first-order valence-corrected chi connectivity index (χ1v) is 19.4. The zero-order chi connectivity index (χ0) is 33.4. The highest BCUT2D eigenvalue weighted by atomic mass is 31.2. The van der Waals surface area contributed by atoms with Crippen molar-refractivity contribution in [1.82, 2.24) is 34.4 Å². The van der Waals surface area contributed by atoms with Crippen molar-refractivity contribution in [2.75, 3.05) is 82.3 Å². The molecule has 252 valence electrons. The minimum Gasteiger partial charge on any atom is -0.494 e. The van der Waals surface area contributed by atoms with Gasteiger partial charge in [-0.15, -0.1) is 5.10 Å². The van der Waals surface area contributed by atoms with Crippen molar-refractivity contribution in [2.24, 2.45) is 0 Å². The number of anilines is 5. The van der Waals surface area contributed by atoms with Gasteiger partial charge in [0.2, 0.25) is 5.95 Å². The number of hydrogen-bond acceptors (Lipinski definition) is 11. The molecule has 0 bridgehead atoms. The predicted molar refractivity (Wildman–Crippen MR) is 195 cm³/mol. The fraction of sp³-hybridized carbons (Fsp3) is 0.429. The van der Waals surface area contributed by atoms with E-state index in [-0.39, 0.29) is 0 Å². The van der Waals surface area contributed by atoms with Crippen molar-refractivity contribution >= 4 is 57.8 Å². The Bertz CT molecular complexity index is 1980. The molecule has 0 radical (unpaired) electrons. The molecule has 2 N–H and O–H groups in total. The normalized spacial score (nSPS) is 16.9. The number of aromatic nitrogens is 5. The maximum absolute atomic E-state index is 13.6. The molecule has 12 nitrogen and oxygen atoms in total. The summed E-state index contributed by atoms with van der Waals surface area (Å²) in [4.78, 5) is 21.5. The van der Waals surface area contributed by atoms with E-state index in [2.05, 4.69) is 61.4 Å². The van der Waals surface area contributed by atoms with Crippen molar-refractivity contribution in [3.8, 4) is 5.75 Å². The van der Waals surface area contributed by atoms with Gasteiger partial charge in [-0.1, -0.05) is 6.92 Å². The molecule has 7 rings (SSSR count). The van der Waals surface area contributed by atoms with Crippen LogP contribution in [0.5, 0.6) is 5.75 Å².